The average molecular weight is 336 g/mol. The van der Waals surface area contributed by atoms with Crippen LogP contribution in [0.1, 0.15) is 5.56 Å². The Hall–Kier alpha value is -2.93. The molecule has 1 fully saturated rings. The summed E-state index contributed by atoms with van der Waals surface area (Å²) < 4.78 is 1.87. The smallest absolute Gasteiger partial charge is 0.290 e. The van der Waals surface area contributed by atoms with Crippen LogP contribution >= 0.6 is 0 Å². The second kappa shape index (κ2) is 6.90. The summed E-state index contributed by atoms with van der Waals surface area (Å²) in [6.45, 7) is 4.31. The first kappa shape index (κ1) is 15.6. The number of benzene rings is 1. The number of piperazine rings is 1. The van der Waals surface area contributed by atoms with Crippen molar-refractivity contribution in [3.63, 3.8) is 0 Å². The Kier molecular flexibility index (Phi) is 4.30. The molecule has 1 aliphatic heterocycles. The topological polar surface area (TPSA) is 70.1 Å². The normalized spacial score (nSPS) is 15.4. The molecule has 0 unspecified atom stereocenters. The Morgan fingerprint density at radius 2 is 1.96 bits per heavy atom. The zero-order valence-corrected chi connectivity index (χ0v) is 13.9. The van der Waals surface area contributed by atoms with Crippen LogP contribution in [0.4, 0.5) is 5.82 Å². The summed E-state index contributed by atoms with van der Waals surface area (Å²) in [5.41, 5.74) is 2.21. The molecule has 1 saturated heterocycles. The predicted octanol–water partition coefficient (Wildman–Crippen LogP) is 1.28. The van der Waals surface area contributed by atoms with Crippen LogP contribution in [0, 0.1) is 0 Å². The fourth-order valence-electron chi connectivity index (χ4n) is 3.16. The minimum absolute atomic E-state index is 0.122. The van der Waals surface area contributed by atoms with Gasteiger partial charge in [0.15, 0.2) is 5.82 Å². The molecule has 7 heteroatoms. The van der Waals surface area contributed by atoms with E-state index in [0.29, 0.717) is 5.82 Å². The van der Waals surface area contributed by atoms with Crippen LogP contribution in [0.5, 0.6) is 0 Å². The van der Waals surface area contributed by atoms with Crippen molar-refractivity contribution >= 4 is 5.82 Å². The SMILES string of the molecule is O=c1[nH]ccnc1N1CCN(Cc2cccc(-n3cccn3)c2)CC1. The molecule has 1 aromatic carbocycles. The summed E-state index contributed by atoms with van der Waals surface area (Å²) in [5, 5.41) is 4.28. The molecule has 0 saturated carbocycles. The first-order valence-electron chi connectivity index (χ1n) is 8.39. The van der Waals surface area contributed by atoms with E-state index < -0.39 is 0 Å². The van der Waals surface area contributed by atoms with E-state index in [1.54, 1.807) is 18.6 Å². The van der Waals surface area contributed by atoms with Crippen molar-refractivity contribution in [2.75, 3.05) is 31.1 Å². The standard InChI is InChI=1S/C18H20N6O/c25-18-17(19-6-7-20-18)23-11-9-22(10-12-23)14-15-3-1-4-16(13-15)24-8-2-5-21-24/h1-8,13H,9-12,14H2,(H,20,25). The van der Waals surface area contributed by atoms with Gasteiger partial charge in [0.2, 0.25) is 0 Å². The van der Waals surface area contributed by atoms with Crippen LogP contribution < -0.4 is 10.5 Å². The van der Waals surface area contributed by atoms with Crippen molar-refractivity contribution in [2.45, 2.75) is 6.54 Å². The fraction of sp³-hybridized carbons (Fsp3) is 0.278. The fourth-order valence-corrected chi connectivity index (χ4v) is 3.16. The van der Waals surface area contributed by atoms with Gasteiger partial charge in [-0.2, -0.15) is 5.10 Å². The molecule has 3 heterocycles. The highest BCUT2D eigenvalue weighted by Gasteiger charge is 2.20. The molecule has 4 rings (SSSR count). The lowest BCUT2D eigenvalue weighted by molar-refractivity contribution is 0.249. The highest BCUT2D eigenvalue weighted by atomic mass is 16.1. The lowest BCUT2D eigenvalue weighted by atomic mass is 10.1. The molecule has 25 heavy (non-hydrogen) atoms. The summed E-state index contributed by atoms with van der Waals surface area (Å²) in [6, 6.07) is 10.4. The van der Waals surface area contributed by atoms with E-state index in [0.717, 1.165) is 38.4 Å². The maximum atomic E-state index is 11.9. The van der Waals surface area contributed by atoms with Gasteiger partial charge in [0, 0.05) is 57.5 Å². The second-order valence-corrected chi connectivity index (χ2v) is 6.13. The molecule has 2 aromatic heterocycles. The van der Waals surface area contributed by atoms with Gasteiger partial charge in [-0.25, -0.2) is 9.67 Å². The Balaban J connectivity index is 1.40. The third-order valence-corrected chi connectivity index (χ3v) is 4.45. The molecule has 0 spiro atoms. The van der Waals surface area contributed by atoms with Crippen LogP contribution in [-0.2, 0) is 6.54 Å². The molecule has 128 valence electrons. The third kappa shape index (κ3) is 3.46. The van der Waals surface area contributed by atoms with E-state index in [9.17, 15) is 4.79 Å². The van der Waals surface area contributed by atoms with Crippen molar-refractivity contribution in [3.8, 4) is 5.69 Å². The number of rotatable bonds is 4. The van der Waals surface area contributed by atoms with Crippen molar-refractivity contribution < 1.29 is 0 Å². The highest BCUT2D eigenvalue weighted by Crippen LogP contribution is 2.14. The number of aromatic amines is 1. The second-order valence-electron chi connectivity index (χ2n) is 6.13. The van der Waals surface area contributed by atoms with Gasteiger partial charge in [-0.05, 0) is 23.8 Å². The molecule has 7 nitrogen and oxygen atoms in total. The number of H-pyrrole nitrogens is 1. The van der Waals surface area contributed by atoms with E-state index >= 15 is 0 Å². The molecule has 0 atom stereocenters. The molecule has 1 aliphatic rings. The van der Waals surface area contributed by atoms with Gasteiger partial charge in [-0.15, -0.1) is 0 Å². The van der Waals surface area contributed by atoms with Gasteiger partial charge in [0.1, 0.15) is 0 Å². The maximum absolute atomic E-state index is 11.9. The maximum Gasteiger partial charge on any atom is 0.290 e. The monoisotopic (exact) mass is 336 g/mol. The van der Waals surface area contributed by atoms with Gasteiger partial charge < -0.3 is 9.88 Å². The number of aromatic nitrogens is 4. The molecule has 0 bridgehead atoms. The Morgan fingerprint density at radius 3 is 2.72 bits per heavy atom. The van der Waals surface area contributed by atoms with Gasteiger partial charge in [-0.1, -0.05) is 12.1 Å². The first-order chi connectivity index (χ1) is 12.3. The largest absolute Gasteiger partial charge is 0.349 e. The summed E-state index contributed by atoms with van der Waals surface area (Å²) in [7, 11) is 0. The average Bonchev–Trinajstić information content (AvgIpc) is 3.18. The number of anilines is 1. The minimum Gasteiger partial charge on any atom is -0.349 e. The number of hydrogen-bond donors (Lipinski definition) is 1. The number of hydrogen-bond acceptors (Lipinski definition) is 5. The van der Waals surface area contributed by atoms with Gasteiger partial charge in [0.25, 0.3) is 5.56 Å². The summed E-state index contributed by atoms with van der Waals surface area (Å²) >= 11 is 0. The van der Waals surface area contributed by atoms with Crippen molar-refractivity contribution in [1.82, 2.24) is 24.6 Å². The van der Waals surface area contributed by atoms with Crippen molar-refractivity contribution in [3.05, 3.63) is 71.0 Å². The Bertz CT molecular complexity index is 880. The van der Waals surface area contributed by atoms with Crippen LogP contribution in [0.3, 0.4) is 0 Å². The molecule has 0 amide bonds. The van der Waals surface area contributed by atoms with E-state index in [-0.39, 0.29) is 5.56 Å². The molecular formula is C18H20N6O. The number of nitrogens with zero attached hydrogens (tertiary/aromatic N) is 5. The summed E-state index contributed by atoms with van der Waals surface area (Å²) in [4.78, 5) is 23.2. The minimum atomic E-state index is -0.122. The molecule has 3 aromatic rings. The van der Waals surface area contributed by atoms with E-state index in [1.807, 2.05) is 16.9 Å². The van der Waals surface area contributed by atoms with Crippen molar-refractivity contribution in [1.29, 1.82) is 0 Å². The van der Waals surface area contributed by atoms with Gasteiger partial charge >= 0.3 is 0 Å². The molecule has 0 aliphatic carbocycles. The zero-order valence-electron chi connectivity index (χ0n) is 13.9. The third-order valence-electron chi connectivity index (χ3n) is 4.45. The van der Waals surface area contributed by atoms with E-state index in [1.165, 1.54) is 5.56 Å². The van der Waals surface area contributed by atoms with Gasteiger partial charge in [-0.3, -0.25) is 9.69 Å². The first-order valence-corrected chi connectivity index (χ1v) is 8.39. The molecule has 1 N–H and O–H groups in total. The Labute approximate surface area is 145 Å². The van der Waals surface area contributed by atoms with Crippen LogP contribution in [-0.4, -0.2) is 50.8 Å². The number of nitrogens with one attached hydrogen (secondary N) is 1. The van der Waals surface area contributed by atoms with Crippen LogP contribution in [0.2, 0.25) is 0 Å². The van der Waals surface area contributed by atoms with Crippen LogP contribution in [0.25, 0.3) is 5.69 Å². The van der Waals surface area contributed by atoms with Crippen LogP contribution in [0.15, 0.2) is 59.9 Å². The van der Waals surface area contributed by atoms with Gasteiger partial charge in [0.05, 0.1) is 5.69 Å². The van der Waals surface area contributed by atoms with E-state index in [4.69, 9.17) is 0 Å². The summed E-state index contributed by atoms with van der Waals surface area (Å²) in [5.74, 6) is 0.517. The molecule has 0 radical (unpaired) electrons. The Morgan fingerprint density at radius 1 is 1.08 bits per heavy atom. The predicted molar refractivity (Wildman–Crippen MR) is 95.9 cm³/mol. The van der Waals surface area contributed by atoms with Crippen molar-refractivity contribution in [2.24, 2.45) is 0 Å². The summed E-state index contributed by atoms with van der Waals surface area (Å²) in [6.07, 6.45) is 6.92. The zero-order chi connectivity index (χ0) is 17.1. The molecular weight excluding hydrogens is 316 g/mol. The quantitative estimate of drug-likeness (QED) is 0.777. The lowest BCUT2D eigenvalue weighted by Gasteiger charge is -2.34. The highest BCUT2D eigenvalue weighted by molar-refractivity contribution is 5.37. The lowest BCUT2D eigenvalue weighted by Crippen LogP contribution is -2.47. The van der Waals surface area contributed by atoms with E-state index in [2.05, 4.69) is 49.1 Å².